The van der Waals surface area contributed by atoms with Crippen molar-refractivity contribution in [3.63, 3.8) is 0 Å². The van der Waals surface area contributed by atoms with Crippen LogP contribution in [0, 0.1) is 5.82 Å². The molecule has 0 saturated heterocycles. The van der Waals surface area contributed by atoms with Crippen LogP contribution in [0.25, 0.3) is 0 Å². The van der Waals surface area contributed by atoms with Crippen molar-refractivity contribution in [3.8, 4) is 0 Å². The normalized spacial score (nSPS) is 14.4. The van der Waals surface area contributed by atoms with E-state index in [4.69, 9.17) is 0 Å². The zero-order chi connectivity index (χ0) is 14.7. The fourth-order valence-corrected chi connectivity index (χ4v) is 2.49. The molecule has 0 amide bonds. The fourth-order valence-electron chi connectivity index (χ4n) is 1.85. The molecule has 4 nitrogen and oxygen atoms in total. The quantitative estimate of drug-likeness (QED) is 0.870. The van der Waals surface area contributed by atoms with Gasteiger partial charge in [0.05, 0.1) is 17.0 Å². The van der Waals surface area contributed by atoms with E-state index in [0.29, 0.717) is 12.1 Å². The van der Waals surface area contributed by atoms with Crippen molar-refractivity contribution in [2.75, 3.05) is 12.8 Å². The molecule has 0 bridgehead atoms. The van der Waals surface area contributed by atoms with Crippen LogP contribution in [0.1, 0.15) is 38.8 Å². The highest BCUT2D eigenvalue weighted by Crippen LogP contribution is 2.33. The number of halogens is 1. The third kappa shape index (κ3) is 3.51. The minimum atomic E-state index is -3.35. The summed E-state index contributed by atoms with van der Waals surface area (Å²) in [6.45, 7) is 5.80. The number of hydrogen-bond donors (Lipinski definition) is 1. The summed E-state index contributed by atoms with van der Waals surface area (Å²) in [5.74, 6) is -0.493. The van der Waals surface area contributed by atoms with Crippen molar-refractivity contribution < 1.29 is 12.8 Å². The molecule has 1 aromatic rings. The van der Waals surface area contributed by atoms with E-state index < -0.39 is 26.4 Å². The summed E-state index contributed by atoms with van der Waals surface area (Å²) in [6.07, 6.45) is 4.58. The second kappa shape index (κ2) is 5.96. The van der Waals surface area contributed by atoms with E-state index in [0.717, 1.165) is 12.6 Å². The lowest BCUT2D eigenvalue weighted by Crippen LogP contribution is -2.45. The van der Waals surface area contributed by atoms with Gasteiger partial charge in [-0.15, -0.1) is 0 Å². The number of hydrogen-bond acceptors (Lipinski definition) is 4. The van der Waals surface area contributed by atoms with Crippen LogP contribution in [0.5, 0.6) is 0 Å². The molecule has 0 saturated carbocycles. The molecule has 1 rings (SSSR count). The van der Waals surface area contributed by atoms with Gasteiger partial charge < -0.3 is 5.32 Å². The standard InChI is InChI=1S/C13H21FN2O2S/c1-5-7-16-12(13(2,3)19(4,17)18)10-6-8-15-9-11(10)14/h6,8-9,12,16H,5,7H2,1-4H3. The Morgan fingerprint density at radius 2 is 2.11 bits per heavy atom. The summed E-state index contributed by atoms with van der Waals surface area (Å²) in [4.78, 5) is 3.70. The van der Waals surface area contributed by atoms with Gasteiger partial charge in [0.2, 0.25) is 0 Å². The van der Waals surface area contributed by atoms with Crippen molar-refractivity contribution in [1.29, 1.82) is 0 Å². The summed E-state index contributed by atoms with van der Waals surface area (Å²) >= 11 is 0. The van der Waals surface area contributed by atoms with Gasteiger partial charge in [-0.1, -0.05) is 6.92 Å². The third-order valence-electron chi connectivity index (χ3n) is 3.36. The first-order valence-electron chi connectivity index (χ1n) is 6.24. The first-order valence-corrected chi connectivity index (χ1v) is 8.13. The van der Waals surface area contributed by atoms with Crippen LogP contribution in [-0.4, -0.2) is 30.9 Å². The number of sulfone groups is 1. The molecular formula is C13H21FN2O2S. The lowest BCUT2D eigenvalue weighted by atomic mass is 9.95. The summed E-state index contributed by atoms with van der Waals surface area (Å²) < 4.78 is 36.7. The number of nitrogens with one attached hydrogen (secondary N) is 1. The zero-order valence-corrected chi connectivity index (χ0v) is 12.6. The van der Waals surface area contributed by atoms with E-state index in [-0.39, 0.29) is 0 Å². The number of rotatable bonds is 6. The summed E-state index contributed by atoms with van der Waals surface area (Å²) in [5, 5.41) is 3.13. The molecule has 0 aliphatic heterocycles. The maximum atomic E-state index is 13.9. The van der Waals surface area contributed by atoms with Gasteiger partial charge in [-0.05, 0) is 32.9 Å². The van der Waals surface area contributed by atoms with Crippen molar-refractivity contribution in [1.82, 2.24) is 10.3 Å². The molecule has 0 spiro atoms. The smallest absolute Gasteiger partial charge is 0.154 e. The largest absolute Gasteiger partial charge is 0.309 e. The van der Waals surface area contributed by atoms with Crippen LogP contribution in [0.15, 0.2) is 18.5 Å². The molecule has 1 unspecified atom stereocenters. The first kappa shape index (κ1) is 16.0. The molecule has 1 atom stereocenters. The van der Waals surface area contributed by atoms with E-state index in [1.54, 1.807) is 13.8 Å². The summed E-state index contributed by atoms with van der Waals surface area (Å²) in [6, 6.07) is 0.917. The lowest BCUT2D eigenvalue weighted by Gasteiger charge is -2.34. The molecule has 1 aromatic heterocycles. The highest BCUT2D eigenvalue weighted by atomic mass is 32.2. The molecular weight excluding hydrogens is 267 g/mol. The van der Waals surface area contributed by atoms with Gasteiger partial charge in [0.15, 0.2) is 9.84 Å². The molecule has 0 fully saturated rings. The molecule has 0 aromatic carbocycles. The van der Waals surface area contributed by atoms with E-state index in [2.05, 4.69) is 10.3 Å². The maximum Gasteiger partial charge on any atom is 0.154 e. The van der Waals surface area contributed by atoms with E-state index in [1.807, 2.05) is 6.92 Å². The van der Waals surface area contributed by atoms with Crippen LogP contribution in [0.3, 0.4) is 0 Å². The number of aromatic nitrogens is 1. The Labute approximate surface area is 114 Å². The first-order chi connectivity index (χ1) is 8.71. The Bertz CT molecular complexity index is 529. The molecule has 0 radical (unpaired) electrons. The minimum Gasteiger partial charge on any atom is -0.309 e. The summed E-state index contributed by atoms with van der Waals surface area (Å²) in [5.41, 5.74) is 0.332. The van der Waals surface area contributed by atoms with Crippen LogP contribution < -0.4 is 5.32 Å². The Balaban J connectivity index is 3.27. The number of nitrogens with zero attached hydrogens (tertiary/aromatic N) is 1. The SMILES string of the molecule is CCCNC(c1ccncc1F)C(C)(C)S(C)(=O)=O. The predicted octanol–water partition coefficient (Wildman–Crippen LogP) is 2.08. The Morgan fingerprint density at radius 1 is 1.47 bits per heavy atom. The monoisotopic (exact) mass is 288 g/mol. The Morgan fingerprint density at radius 3 is 2.58 bits per heavy atom. The van der Waals surface area contributed by atoms with Gasteiger partial charge >= 0.3 is 0 Å². The van der Waals surface area contributed by atoms with Gasteiger partial charge in [0.25, 0.3) is 0 Å². The van der Waals surface area contributed by atoms with Crippen molar-refractivity contribution >= 4 is 9.84 Å². The zero-order valence-electron chi connectivity index (χ0n) is 11.8. The van der Waals surface area contributed by atoms with Crippen LogP contribution in [0.4, 0.5) is 4.39 Å². The summed E-state index contributed by atoms with van der Waals surface area (Å²) in [7, 11) is -3.35. The maximum absolute atomic E-state index is 13.9. The van der Waals surface area contributed by atoms with Gasteiger partial charge in [-0.3, -0.25) is 4.98 Å². The highest BCUT2D eigenvalue weighted by molar-refractivity contribution is 7.92. The van der Waals surface area contributed by atoms with Gasteiger partial charge in [-0.25, -0.2) is 12.8 Å². The Kier molecular flexibility index (Phi) is 5.04. The fraction of sp³-hybridized carbons (Fsp3) is 0.615. The van der Waals surface area contributed by atoms with Gasteiger partial charge in [0.1, 0.15) is 5.82 Å². The minimum absolute atomic E-state index is 0.332. The second-order valence-corrected chi connectivity index (χ2v) is 7.76. The highest BCUT2D eigenvalue weighted by Gasteiger charge is 2.40. The molecule has 0 aliphatic rings. The average molecular weight is 288 g/mol. The van der Waals surface area contributed by atoms with Crippen LogP contribution >= 0.6 is 0 Å². The van der Waals surface area contributed by atoms with Crippen molar-refractivity contribution in [2.45, 2.75) is 38.0 Å². The van der Waals surface area contributed by atoms with E-state index in [9.17, 15) is 12.8 Å². The van der Waals surface area contributed by atoms with Crippen LogP contribution in [-0.2, 0) is 9.84 Å². The molecule has 19 heavy (non-hydrogen) atoms. The van der Waals surface area contributed by atoms with Gasteiger partial charge in [-0.2, -0.15) is 0 Å². The topological polar surface area (TPSA) is 59.1 Å². The predicted molar refractivity (Wildman–Crippen MR) is 74.2 cm³/mol. The van der Waals surface area contributed by atoms with Crippen molar-refractivity contribution in [3.05, 3.63) is 29.8 Å². The molecule has 1 heterocycles. The molecule has 108 valence electrons. The second-order valence-electron chi connectivity index (χ2n) is 5.16. The average Bonchev–Trinajstić information content (AvgIpc) is 2.30. The molecule has 0 aliphatic carbocycles. The Hall–Kier alpha value is -1.01. The third-order valence-corrected chi connectivity index (χ3v) is 5.51. The lowest BCUT2D eigenvalue weighted by molar-refractivity contribution is 0.406. The molecule has 1 N–H and O–H groups in total. The number of pyridine rings is 1. The van der Waals surface area contributed by atoms with E-state index in [1.165, 1.54) is 18.5 Å². The van der Waals surface area contributed by atoms with Crippen molar-refractivity contribution in [2.24, 2.45) is 0 Å². The van der Waals surface area contributed by atoms with E-state index >= 15 is 0 Å². The van der Waals surface area contributed by atoms with Gasteiger partial charge in [0, 0.05) is 18.0 Å². The van der Waals surface area contributed by atoms with Crippen LogP contribution in [0.2, 0.25) is 0 Å². The molecule has 6 heteroatoms.